The lowest BCUT2D eigenvalue weighted by Gasteiger charge is -2.54. The second-order valence-corrected chi connectivity index (χ2v) is 9.75. The van der Waals surface area contributed by atoms with Gasteiger partial charge in [-0.2, -0.15) is 26.3 Å². The van der Waals surface area contributed by atoms with Crippen LogP contribution in [0.1, 0.15) is 38.5 Å². The number of alkyl halides is 6. The fraction of sp³-hybridized carbons (Fsp3) is 0.789. The first-order valence-corrected chi connectivity index (χ1v) is 11.1. The number of halogens is 6. The number of ether oxygens (including phenoxy) is 2. The van der Waals surface area contributed by atoms with Crippen molar-refractivity contribution >= 4 is 35.5 Å². The van der Waals surface area contributed by atoms with Crippen LogP contribution in [0, 0.1) is 17.8 Å². The molecule has 2 unspecified atom stereocenters. The Hall–Kier alpha value is -1.99. The summed E-state index contributed by atoms with van der Waals surface area (Å²) in [6.07, 6.45) is -12.2. The summed E-state index contributed by atoms with van der Waals surface area (Å²) in [4.78, 5) is 46.8. The SMILES string of the molecule is O=C(O)CC(OC(=O)CSCC(=O)OC12CC3CC(C1)C(=O)C(C3)C2)(C(F)(F)F)C(F)(F)F. The Morgan fingerprint density at radius 2 is 1.45 bits per heavy atom. The molecule has 0 radical (unpaired) electrons. The van der Waals surface area contributed by atoms with E-state index in [0.29, 0.717) is 31.0 Å². The minimum Gasteiger partial charge on any atom is -0.481 e. The van der Waals surface area contributed by atoms with E-state index >= 15 is 0 Å². The lowest BCUT2D eigenvalue weighted by Crippen LogP contribution is -2.60. The molecule has 0 amide bonds. The molecule has 0 aromatic heterocycles. The van der Waals surface area contributed by atoms with E-state index in [1.807, 2.05) is 0 Å². The van der Waals surface area contributed by atoms with Gasteiger partial charge in [-0.25, -0.2) is 0 Å². The third-order valence-electron chi connectivity index (χ3n) is 6.31. The number of rotatable bonds is 8. The van der Waals surface area contributed by atoms with Crippen LogP contribution in [0.2, 0.25) is 0 Å². The number of carbonyl (C=O) groups is 4. The quantitative estimate of drug-likeness (QED) is 0.395. The zero-order valence-corrected chi connectivity index (χ0v) is 17.8. The van der Waals surface area contributed by atoms with Crippen molar-refractivity contribution in [2.75, 3.05) is 11.5 Å². The predicted octanol–water partition coefficient (Wildman–Crippen LogP) is 3.29. The summed E-state index contributed by atoms with van der Waals surface area (Å²) >= 11 is 0.381. The van der Waals surface area contributed by atoms with E-state index in [2.05, 4.69) is 4.74 Å². The topological polar surface area (TPSA) is 107 Å². The van der Waals surface area contributed by atoms with Crippen LogP contribution in [0.25, 0.3) is 0 Å². The number of hydrogen-bond acceptors (Lipinski definition) is 7. The fourth-order valence-corrected chi connectivity index (χ4v) is 5.79. The van der Waals surface area contributed by atoms with Crippen molar-refractivity contribution in [2.24, 2.45) is 17.8 Å². The molecule has 0 saturated heterocycles. The molecule has 186 valence electrons. The monoisotopic (exact) mass is 506 g/mol. The van der Waals surface area contributed by atoms with Crippen molar-refractivity contribution in [1.29, 1.82) is 0 Å². The van der Waals surface area contributed by atoms with Crippen LogP contribution in [0.4, 0.5) is 26.3 Å². The van der Waals surface area contributed by atoms with E-state index in [1.165, 1.54) is 0 Å². The Balaban J connectivity index is 1.55. The number of ketones is 1. The molecule has 1 N–H and O–H groups in total. The summed E-state index contributed by atoms with van der Waals surface area (Å²) < 4.78 is 87.9. The van der Waals surface area contributed by atoms with Gasteiger partial charge in [-0.1, -0.05) is 0 Å². The maximum Gasteiger partial charge on any atom is 0.438 e. The number of Topliss-reactive ketones (excluding diaryl/α,β-unsaturated/α-hetero) is 1. The highest BCUT2D eigenvalue weighted by Crippen LogP contribution is 2.55. The standard InChI is InChI=1S/C19H20F6O7S/c20-18(21,22)17(6-12(26)27,19(23,24)25)32-14(29)8-33-7-13(28)31-16-3-9-1-10(4-16)15(30)11(2-9)5-16/h9-11H,1-8H2,(H,26,27). The summed E-state index contributed by atoms with van der Waals surface area (Å²) in [7, 11) is 0. The zero-order valence-electron chi connectivity index (χ0n) is 17.0. The van der Waals surface area contributed by atoms with Gasteiger partial charge in [0.15, 0.2) is 0 Å². The maximum absolute atomic E-state index is 13.1. The van der Waals surface area contributed by atoms with Crippen molar-refractivity contribution in [3.8, 4) is 0 Å². The van der Waals surface area contributed by atoms with E-state index < -0.39 is 59.4 Å². The number of esters is 2. The first-order chi connectivity index (χ1) is 15.1. The van der Waals surface area contributed by atoms with Crippen molar-refractivity contribution < 1.29 is 60.1 Å². The first-order valence-electron chi connectivity index (χ1n) is 9.98. The van der Waals surface area contributed by atoms with Crippen LogP contribution in [0.15, 0.2) is 0 Å². The van der Waals surface area contributed by atoms with Gasteiger partial charge in [-0.05, 0) is 38.0 Å². The lowest BCUT2D eigenvalue weighted by molar-refractivity contribution is -0.369. The van der Waals surface area contributed by atoms with Crippen molar-refractivity contribution in [2.45, 2.75) is 62.1 Å². The normalized spacial score (nSPS) is 29.2. The number of carboxylic acid groups (broad SMARTS) is 1. The number of thioether (sulfide) groups is 1. The molecule has 0 spiro atoms. The molecule has 0 aromatic rings. The molecule has 0 heterocycles. The zero-order chi connectivity index (χ0) is 24.8. The van der Waals surface area contributed by atoms with Gasteiger partial charge in [0, 0.05) is 11.8 Å². The molecule has 7 nitrogen and oxygen atoms in total. The second kappa shape index (κ2) is 8.66. The average molecular weight is 506 g/mol. The molecule has 4 saturated carbocycles. The predicted molar refractivity (Wildman–Crippen MR) is 97.9 cm³/mol. The fourth-order valence-electron chi connectivity index (χ4n) is 5.24. The third-order valence-corrected chi connectivity index (χ3v) is 7.19. The number of carboxylic acids is 1. The lowest BCUT2D eigenvalue weighted by atomic mass is 9.53. The van der Waals surface area contributed by atoms with Gasteiger partial charge in [-0.3, -0.25) is 19.2 Å². The van der Waals surface area contributed by atoms with Gasteiger partial charge in [0.2, 0.25) is 0 Å². The molecule has 4 aliphatic rings. The van der Waals surface area contributed by atoms with E-state index in [1.54, 1.807) is 0 Å². The molecule has 4 aliphatic carbocycles. The van der Waals surface area contributed by atoms with Crippen LogP contribution < -0.4 is 0 Å². The van der Waals surface area contributed by atoms with Crippen molar-refractivity contribution in [1.82, 2.24) is 0 Å². The Bertz CT molecular complexity index is 807. The molecule has 14 heteroatoms. The molecular formula is C19H20F6O7S. The highest BCUT2D eigenvalue weighted by Gasteiger charge is 2.75. The number of hydrogen-bond donors (Lipinski definition) is 1. The van der Waals surface area contributed by atoms with Crippen LogP contribution >= 0.6 is 11.8 Å². The highest BCUT2D eigenvalue weighted by atomic mass is 32.2. The molecule has 4 rings (SSSR count). The first kappa shape index (κ1) is 25.6. The highest BCUT2D eigenvalue weighted by molar-refractivity contribution is 8.00. The summed E-state index contributed by atoms with van der Waals surface area (Å²) in [5.74, 6) is -6.83. The van der Waals surface area contributed by atoms with E-state index in [0.717, 1.165) is 12.8 Å². The minimum absolute atomic E-state index is 0.161. The van der Waals surface area contributed by atoms with Crippen LogP contribution in [-0.2, 0) is 28.7 Å². The number of aliphatic carboxylic acids is 1. The summed E-state index contributed by atoms with van der Waals surface area (Å²) in [6, 6.07) is 0. The summed E-state index contributed by atoms with van der Waals surface area (Å²) in [6.45, 7) is 0. The van der Waals surface area contributed by atoms with Crippen LogP contribution in [-0.4, -0.2) is 63.9 Å². The van der Waals surface area contributed by atoms with Gasteiger partial charge in [0.25, 0.3) is 0 Å². The van der Waals surface area contributed by atoms with Crippen molar-refractivity contribution in [3.05, 3.63) is 0 Å². The third kappa shape index (κ3) is 5.09. The van der Waals surface area contributed by atoms with E-state index in [4.69, 9.17) is 9.84 Å². The van der Waals surface area contributed by atoms with E-state index in [-0.39, 0.29) is 23.5 Å². The molecule has 0 aliphatic heterocycles. The Morgan fingerprint density at radius 1 is 0.939 bits per heavy atom. The number of carbonyl (C=O) groups excluding carboxylic acids is 3. The average Bonchev–Trinajstić information content (AvgIpc) is 2.62. The molecule has 33 heavy (non-hydrogen) atoms. The van der Waals surface area contributed by atoms with Gasteiger partial charge < -0.3 is 14.6 Å². The Kier molecular flexibility index (Phi) is 6.72. The maximum atomic E-state index is 13.1. The van der Waals surface area contributed by atoms with Crippen molar-refractivity contribution in [3.63, 3.8) is 0 Å². The minimum atomic E-state index is -6.24. The molecule has 4 bridgehead atoms. The smallest absolute Gasteiger partial charge is 0.438 e. The molecule has 2 atom stereocenters. The molecule has 4 fully saturated rings. The van der Waals surface area contributed by atoms with Crippen LogP contribution in [0.3, 0.4) is 0 Å². The van der Waals surface area contributed by atoms with Crippen LogP contribution in [0.5, 0.6) is 0 Å². The summed E-state index contributed by atoms with van der Waals surface area (Å²) in [5, 5.41) is 8.52. The Morgan fingerprint density at radius 3 is 1.94 bits per heavy atom. The van der Waals surface area contributed by atoms with Gasteiger partial charge in [0.05, 0.1) is 11.5 Å². The van der Waals surface area contributed by atoms with E-state index in [9.17, 15) is 45.5 Å². The second-order valence-electron chi connectivity index (χ2n) is 8.76. The molecular weight excluding hydrogens is 486 g/mol. The molecule has 0 aromatic carbocycles. The Labute approximate surface area is 187 Å². The van der Waals surface area contributed by atoms with Gasteiger partial charge in [0.1, 0.15) is 17.8 Å². The van der Waals surface area contributed by atoms with Gasteiger partial charge >= 0.3 is 35.9 Å². The summed E-state index contributed by atoms with van der Waals surface area (Å²) in [5.41, 5.74) is -6.03. The largest absolute Gasteiger partial charge is 0.481 e. The van der Waals surface area contributed by atoms with Gasteiger partial charge in [-0.15, -0.1) is 11.8 Å².